The highest BCUT2D eigenvalue weighted by Crippen LogP contribution is 2.52. The molecule has 12 heteroatoms. The van der Waals surface area contributed by atoms with Crippen LogP contribution >= 0.6 is 22.9 Å². The van der Waals surface area contributed by atoms with E-state index in [1.54, 1.807) is 18.3 Å². The third kappa shape index (κ3) is 4.54. The first kappa shape index (κ1) is 24.5. The van der Waals surface area contributed by atoms with Crippen molar-refractivity contribution in [3.63, 3.8) is 0 Å². The second-order valence-corrected chi connectivity index (χ2v) is 10.9. The number of nitrogens with zero attached hydrogens (tertiary/aromatic N) is 2. The fourth-order valence-corrected chi connectivity index (χ4v) is 6.20. The maximum Gasteiger partial charge on any atom is 0.586 e. The Hall–Kier alpha value is -2.86. The molecule has 1 aromatic heterocycles. The zero-order valence-electron chi connectivity index (χ0n) is 19.2. The number of ether oxygens (including phenoxy) is 2. The molecule has 0 bridgehead atoms. The maximum absolute atomic E-state index is 13.7. The van der Waals surface area contributed by atoms with Crippen LogP contribution < -0.4 is 14.8 Å². The number of benzene rings is 2. The number of hydrogen-bond donors (Lipinski definition) is 2. The first-order valence-electron chi connectivity index (χ1n) is 11.7. The van der Waals surface area contributed by atoms with Crippen LogP contribution in [0.5, 0.6) is 11.5 Å². The molecule has 2 aliphatic heterocycles. The molecule has 3 aromatic rings. The third-order valence-corrected chi connectivity index (χ3v) is 8.26. The summed E-state index contributed by atoms with van der Waals surface area (Å²) in [5, 5.41) is 13.6. The lowest BCUT2D eigenvalue weighted by Gasteiger charge is -2.27. The number of amides is 1. The molecule has 2 N–H and O–H groups in total. The van der Waals surface area contributed by atoms with E-state index in [1.807, 2.05) is 4.90 Å². The molecule has 37 heavy (non-hydrogen) atoms. The van der Waals surface area contributed by atoms with E-state index in [-0.39, 0.29) is 28.5 Å². The molecule has 2 unspecified atom stereocenters. The molecular weight excluding hydrogens is 531 g/mol. The Bertz CT molecular complexity index is 1380. The average molecular weight is 552 g/mol. The molecule has 1 aliphatic carbocycles. The summed E-state index contributed by atoms with van der Waals surface area (Å²) in [7, 11) is 0. The zero-order valence-corrected chi connectivity index (χ0v) is 20.8. The van der Waals surface area contributed by atoms with Gasteiger partial charge in [-0.2, -0.15) is 0 Å². The smallest absolute Gasteiger partial charge is 0.395 e. The number of rotatable bonds is 6. The van der Waals surface area contributed by atoms with Crippen LogP contribution in [0.25, 0.3) is 0 Å². The molecule has 3 heterocycles. The van der Waals surface area contributed by atoms with Crippen LogP contribution in [0.15, 0.2) is 42.6 Å². The molecule has 1 amide bonds. The van der Waals surface area contributed by atoms with Gasteiger partial charge in [0.2, 0.25) is 5.91 Å². The highest BCUT2D eigenvalue weighted by atomic mass is 35.5. The molecule has 7 nitrogen and oxygen atoms in total. The number of β-amino-alcohol motifs (C(OH)–C–C–N with tert-alkyl or cyclic N) is 1. The Balaban J connectivity index is 1.24. The molecule has 1 saturated carbocycles. The average Bonchev–Trinajstić information content (AvgIpc) is 3.16. The number of alkyl halides is 2. The summed E-state index contributed by atoms with van der Waals surface area (Å²) in [5.74, 6) is -0.933. The molecule has 0 spiro atoms. The fraction of sp³-hybridized carbons (Fsp3) is 0.360. The molecule has 1 saturated heterocycles. The van der Waals surface area contributed by atoms with Crippen molar-refractivity contribution in [2.75, 3.05) is 18.4 Å². The van der Waals surface area contributed by atoms with Gasteiger partial charge in [-0.15, -0.1) is 8.78 Å². The minimum Gasteiger partial charge on any atom is -0.395 e. The molecule has 2 fully saturated rings. The number of nitrogens with one attached hydrogen (secondary N) is 1. The highest BCUT2D eigenvalue weighted by Gasteiger charge is 2.53. The molecule has 6 rings (SSSR count). The van der Waals surface area contributed by atoms with Gasteiger partial charge in [0.05, 0.1) is 17.6 Å². The number of hydrogen-bond acceptors (Lipinski definition) is 7. The Morgan fingerprint density at radius 3 is 2.70 bits per heavy atom. The van der Waals surface area contributed by atoms with Gasteiger partial charge in [0.25, 0.3) is 0 Å². The molecular formula is C25H21ClF3N3O4S. The van der Waals surface area contributed by atoms with Crippen LogP contribution in [0.3, 0.4) is 0 Å². The first-order valence-corrected chi connectivity index (χ1v) is 12.9. The van der Waals surface area contributed by atoms with E-state index >= 15 is 0 Å². The van der Waals surface area contributed by atoms with Crippen molar-refractivity contribution in [2.24, 2.45) is 0 Å². The normalized spacial score (nSPS) is 22.1. The summed E-state index contributed by atoms with van der Waals surface area (Å²) in [6, 6.07) is 8.21. The number of fused-ring (bicyclic) bond motifs is 1. The van der Waals surface area contributed by atoms with Crippen LogP contribution in [0.1, 0.15) is 41.3 Å². The van der Waals surface area contributed by atoms with E-state index in [1.165, 1.54) is 35.6 Å². The van der Waals surface area contributed by atoms with Crippen molar-refractivity contribution in [3.05, 3.63) is 69.4 Å². The number of anilines is 1. The summed E-state index contributed by atoms with van der Waals surface area (Å²) in [6.45, 7) is 1.04. The maximum atomic E-state index is 13.7. The third-order valence-electron chi connectivity index (χ3n) is 6.97. The predicted octanol–water partition coefficient (Wildman–Crippen LogP) is 5.08. The van der Waals surface area contributed by atoms with Gasteiger partial charge < -0.3 is 19.9 Å². The van der Waals surface area contributed by atoms with E-state index in [2.05, 4.69) is 19.8 Å². The molecule has 2 atom stereocenters. The molecule has 194 valence electrons. The van der Waals surface area contributed by atoms with Crippen LogP contribution in [0.4, 0.5) is 18.3 Å². The fourth-order valence-electron chi connectivity index (χ4n) is 4.96. The lowest BCUT2D eigenvalue weighted by Crippen LogP contribution is -2.28. The lowest BCUT2D eigenvalue weighted by molar-refractivity contribution is -0.286. The van der Waals surface area contributed by atoms with E-state index in [0.29, 0.717) is 48.6 Å². The number of aromatic nitrogens is 1. The number of aliphatic hydroxyl groups excluding tert-OH is 1. The van der Waals surface area contributed by atoms with Crippen molar-refractivity contribution in [1.29, 1.82) is 0 Å². The van der Waals surface area contributed by atoms with Crippen molar-refractivity contribution in [1.82, 2.24) is 9.88 Å². The summed E-state index contributed by atoms with van der Waals surface area (Å²) < 4.78 is 49.6. The van der Waals surface area contributed by atoms with Gasteiger partial charge in [0.15, 0.2) is 16.6 Å². The largest absolute Gasteiger partial charge is 0.586 e. The summed E-state index contributed by atoms with van der Waals surface area (Å²) in [6.07, 6.45) is -0.879. The van der Waals surface area contributed by atoms with Gasteiger partial charge in [-0.05, 0) is 54.7 Å². The Morgan fingerprint density at radius 2 is 2.00 bits per heavy atom. The number of likely N-dealkylation sites (tertiary alicyclic amines) is 1. The molecule has 2 aromatic carbocycles. The zero-order chi connectivity index (χ0) is 25.9. The van der Waals surface area contributed by atoms with Gasteiger partial charge in [0, 0.05) is 29.2 Å². The number of carbonyl (C=O) groups excluding carboxylic acids is 1. The Labute approximate surface area is 218 Å². The Kier molecular flexibility index (Phi) is 5.86. The summed E-state index contributed by atoms with van der Waals surface area (Å²) >= 11 is 7.65. The number of carbonyl (C=O) groups is 1. The van der Waals surface area contributed by atoms with Crippen LogP contribution in [0.2, 0.25) is 5.02 Å². The van der Waals surface area contributed by atoms with Crippen molar-refractivity contribution >= 4 is 34.0 Å². The van der Waals surface area contributed by atoms with E-state index in [9.17, 15) is 23.1 Å². The minimum atomic E-state index is -3.73. The second kappa shape index (κ2) is 8.87. The SMILES string of the molecule is O=C(Nc1ncc(C(c2ccc(F)cc2Cl)N2CCC(O)C2)s1)C1(c2ccc3c(c2)OC(F)(F)O3)CC1. The van der Waals surface area contributed by atoms with Gasteiger partial charge >= 0.3 is 6.29 Å². The lowest BCUT2D eigenvalue weighted by atomic mass is 9.94. The summed E-state index contributed by atoms with van der Waals surface area (Å²) in [5.41, 5.74) is 0.360. The predicted molar refractivity (Wildman–Crippen MR) is 130 cm³/mol. The summed E-state index contributed by atoms with van der Waals surface area (Å²) in [4.78, 5) is 20.5. The van der Waals surface area contributed by atoms with Gasteiger partial charge in [-0.25, -0.2) is 9.37 Å². The van der Waals surface area contributed by atoms with Crippen molar-refractivity contribution < 1.29 is 32.5 Å². The quantitative estimate of drug-likeness (QED) is 0.444. The highest BCUT2D eigenvalue weighted by molar-refractivity contribution is 7.15. The number of aliphatic hydroxyl groups is 1. The standard InChI is InChI=1S/C25H21ClF3N3O4S/c26-17-10-14(27)2-3-16(17)21(32-8-5-15(33)12-32)20-11-30-23(37-20)31-22(34)24(6-7-24)13-1-4-18-19(9-13)36-25(28,29)35-18/h1-4,9-11,15,21,33H,5-8,12H2,(H,30,31,34). The first-order chi connectivity index (χ1) is 17.6. The monoisotopic (exact) mass is 551 g/mol. The van der Waals surface area contributed by atoms with Crippen molar-refractivity contribution in [3.8, 4) is 11.5 Å². The van der Waals surface area contributed by atoms with Crippen LogP contribution in [-0.4, -0.2) is 46.4 Å². The van der Waals surface area contributed by atoms with E-state index in [4.69, 9.17) is 11.6 Å². The van der Waals surface area contributed by atoms with Gasteiger partial charge in [-0.1, -0.05) is 35.1 Å². The Morgan fingerprint density at radius 1 is 1.22 bits per heavy atom. The topological polar surface area (TPSA) is 83.9 Å². The number of halogens is 4. The second-order valence-electron chi connectivity index (χ2n) is 9.44. The van der Waals surface area contributed by atoms with Gasteiger partial charge in [-0.3, -0.25) is 9.69 Å². The van der Waals surface area contributed by atoms with Crippen LogP contribution in [0, 0.1) is 5.82 Å². The van der Waals surface area contributed by atoms with Crippen LogP contribution in [-0.2, 0) is 10.2 Å². The van der Waals surface area contributed by atoms with Crippen molar-refractivity contribution in [2.45, 2.75) is 43.1 Å². The molecule has 3 aliphatic rings. The van der Waals surface area contributed by atoms with E-state index in [0.717, 1.165) is 4.88 Å². The molecule has 0 radical (unpaired) electrons. The van der Waals surface area contributed by atoms with E-state index < -0.39 is 23.6 Å². The minimum absolute atomic E-state index is 0.0768. The number of thiazole rings is 1. The van der Waals surface area contributed by atoms with Gasteiger partial charge in [0.1, 0.15) is 5.82 Å².